The Morgan fingerprint density at radius 2 is 1.62 bits per heavy atom. The molecular weight excluding hydrogens is 258 g/mol. The molecule has 0 aliphatic carbocycles. The van der Waals surface area contributed by atoms with E-state index in [1.54, 1.807) is 4.90 Å². The molecule has 0 aromatic heterocycles. The van der Waals surface area contributed by atoms with Gasteiger partial charge in [0.25, 0.3) is 0 Å². The monoisotopic (exact) mass is 281 g/mol. The lowest BCUT2D eigenvalue weighted by molar-refractivity contribution is -0.118. The fraction of sp³-hybridized carbons (Fsp3) is 0.316. The number of carbonyl (C=O) groups excluding carboxylic acids is 1. The molecule has 0 spiro atoms. The van der Waals surface area contributed by atoms with Gasteiger partial charge < -0.3 is 4.90 Å². The molecule has 2 rings (SSSR count). The van der Waals surface area contributed by atoms with Crippen LogP contribution >= 0.6 is 0 Å². The largest absolute Gasteiger partial charge is 0.315 e. The second-order valence-corrected chi connectivity index (χ2v) is 5.32. The Hall–Kier alpha value is -2.09. The minimum atomic E-state index is 0.169. The van der Waals surface area contributed by atoms with Gasteiger partial charge >= 0.3 is 0 Å². The van der Waals surface area contributed by atoms with Crippen molar-refractivity contribution in [2.75, 3.05) is 11.9 Å². The van der Waals surface area contributed by atoms with E-state index in [2.05, 4.69) is 25.1 Å². The quantitative estimate of drug-likeness (QED) is 0.775. The highest BCUT2D eigenvalue weighted by molar-refractivity contribution is 5.93. The van der Waals surface area contributed by atoms with Gasteiger partial charge in [0.05, 0.1) is 0 Å². The van der Waals surface area contributed by atoms with Crippen LogP contribution in [0.3, 0.4) is 0 Å². The summed E-state index contributed by atoms with van der Waals surface area (Å²) in [7, 11) is 1.88. The molecule has 0 fully saturated rings. The molecule has 0 saturated carbocycles. The predicted molar refractivity (Wildman–Crippen MR) is 88.6 cm³/mol. The standard InChI is InChI=1S/C19H23NO/c1-3-9-17-12-7-8-13-18(17)20(2)19(21)15-14-16-10-5-4-6-11-16/h4-8,10-13H,3,9,14-15H2,1-2H3. The highest BCUT2D eigenvalue weighted by Crippen LogP contribution is 2.21. The highest BCUT2D eigenvalue weighted by atomic mass is 16.2. The van der Waals surface area contributed by atoms with Gasteiger partial charge in [-0.15, -0.1) is 0 Å². The molecule has 21 heavy (non-hydrogen) atoms. The molecule has 0 aliphatic heterocycles. The smallest absolute Gasteiger partial charge is 0.227 e. The molecule has 0 aliphatic rings. The van der Waals surface area contributed by atoms with E-state index in [4.69, 9.17) is 0 Å². The average Bonchev–Trinajstić information content (AvgIpc) is 2.54. The lowest BCUT2D eigenvalue weighted by atomic mass is 10.1. The minimum absolute atomic E-state index is 0.169. The summed E-state index contributed by atoms with van der Waals surface area (Å²) in [4.78, 5) is 14.2. The van der Waals surface area contributed by atoms with E-state index < -0.39 is 0 Å². The minimum Gasteiger partial charge on any atom is -0.315 e. The Morgan fingerprint density at radius 3 is 2.33 bits per heavy atom. The van der Waals surface area contributed by atoms with Crippen LogP contribution in [0, 0.1) is 0 Å². The molecule has 2 aromatic carbocycles. The third-order valence-corrected chi connectivity index (χ3v) is 3.72. The first-order valence-corrected chi connectivity index (χ1v) is 7.60. The van der Waals surface area contributed by atoms with Crippen LogP contribution in [0.2, 0.25) is 0 Å². The first-order chi connectivity index (χ1) is 10.2. The molecular formula is C19H23NO. The van der Waals surface area contributed by atoms with Crippen LogP contribution in [0.5, 0.6) is 0 Å². The number of amides is 1. The molecule has 0 heterocycles. The summed E-state index contributed by atoms with van der Waals surface area (Å²) < 4.78 is 0. The van der Waals surface area contributed by atoms with Gasteiger partial charge in [-0.05, 0) is 30.0 Å². The second-order valence-electron chi connectivity index (χ2n) is 5.32. The molecule has 1 amide bonds. The Balaban J connectivity index is 2.02. The number of hydrogen-bond acceptors (Lipinski definition) is 1. The van der Waals surface area contributed by atoms with Crippen molar-refractivity contribution in [3.63, 3.8) is 0 Å². The van der Waals surface area contributed by atoms with Crippen molar-refractivity contribution in [2.24, 2.45) is 0 Å². The number of carbonyl (C=O) groups is 1. The van der Waals surface area contributed by atoms with Crippen LogP contribution in [0.4, 0.5) is 5.69 Å². The van der Waals surface area contributed by atoms with Gasteiger partial charge in [-0.25, -0.2) is 0 Å². The van der Waals surface area contributed by atoms with Gasteiger partial charge in [-0.3, -0.25) is 4.79 Å². The van der Waals surface area contributed by atoms with Gasteiger partial charge in [-0.2, -0.15) is 0 Å². The number of nitrogens with zero attached hydrogens (tertiary/aromatic N) is 1. The first kappa shape index (κ1) is 15.3. The number of rotatable bonds is 6. The lowest BCUT2D eigenvalue weighted by Gasteiger charge is -2.20. The number of benzene rings is 2. The Bertz CT molecular complexity index is 577. The van der Waals surface area contributed by atoms with E-state index in [0.29, 0.717) is 6.42 Å². The molecule has 110 valence electrons. The summed E-state index contributed by atoms with van der Waals surface area (Å²) >= 11 is 0. The van der Waals surface area contributed by atoms with Crippen LogP contribution in [0.15, 0.2) is 54.6 Å². The van der Waals surface area contributed by atoms with Crippen molar-refractivity contribution >= 4 is 11.6 Å². The van der Waals surface area contributed by atoms with Crippen molar-refractivity contribution in [1.82, 2.24) is 0 Å². The summed E-state index contributed by atoms with van der Waals surface area (Å²) in [6.07, 6.45) is 3.43. The van der Waals surface area contributed by atoms with Crippen LogP contribution in [0.25, 0.3) is 0 Å². The van der Waals surface area contributed by atoms with Crippen LogP contribution < -0.4 is 4.90 Å². The maximum absolute atomic E-state index is 12.4. The van der Waals surface area contributed by atoms with Crippen molar-refractivity contribution in [3.05, 3.63) is 65.7 Å². The lowest BCUT2D eigenvalue weighted by Crippen LogP contribution is -2.27. The SMILES string of the molecule is CCCc1ccccc1N(C)C(=O)CCc1ccccc1. The summed E-state index contributed by atoms with van der Waals surface area (Å²) in [5.74, 6) is 0.169. The number of anilines is 1. The van der Waals surface area contributed by atoms with Gasteiger partial charge in [-0.1, -0.05) is 61.9 Å². The van der Waals surface area contributed by atoms with Gasteiger partial charge in [0.15, 0.2) is 0 Å². The maximum Gasteiger partial charge on any atom is 0.227 e. The van der Waals surface area contributed by atoms with Crippen LogP contribution in [-0.2, 0) is 17.6 Å². The molecule has 0 bridgehead atoms. The van der Waals surface area contributed by atoms with Gasteiger partial charge in [0.1, 0.15) is 0 Å². The van der Waals surface area contributed by atoms with Crippen LogP contribution in [-0.4, -0.2) is 13.0 Å². The van der Waals surface area contributed by atoms with E-state index in [1.165, 1.54) is 11.1 Å². The zero-order chi connectivity index (χ0) is 15.1. The molecule has 0 N–H and O–H groups in total. The van der Waals surface area contributed by atoms with Gasteiger partial charge in [0.2, 0.25) is 5.91 Å². The Kier molecular flexibility index (Phi) is 5.56. The molecule has 0 atom stereocenters. The predicted octanol–water partition coefficient (Wildman–Crippen LogP) is 4.23. The molecule has 0 saturated heterocycles. The third kappa shape index (κ3) is 4.19. The van der Waals surface area contributed by atoms with E-state index in [1.807, 2.05) is 43.4 Å². The van der Waals surface area contributed by atoms with Gasteiger partial charge in [0, 0.05) is 19.2 Å². The van der Waals surface area contributed by atoms with Crippen LogP contribution in [0.1, 0.15) is 30.9 Å². The second kappa shape index (κ2) is 7.63. The van der Waals surface area contributed by atoms with Crippen molar-refractivity contribution < 1.29 is 4.79 Å². The van der Waals surface area contributed by atoms with Crippen molar-refractivity contribution in [3.8, 4) is 0 Å². The summed E-state index contributed by atoms with van der Waals surface area (Å²) in [5.41, 5.74) is 3.49. The fourth-order valence-electron chi connectivity index (χ4n) is 2.52. The van der Waals surface area contributed by atoms with E-state index in [-0.39, 0.29) is 5.91 Å². The summed E-state index contributed by atoms with van der Waals surface area (Å²) in [5, 5.41) is 0. The number of hydrogen-bond donors (Lipinski definition) is 0. The molecule has 2 nitrogen and oxygen atoms in total. The zero-order valence-corrected chi connectivity index (χ0v) is 12.9. The topological polar surface area (TPSA) is 20.3 Å². The maximum atomic E-state index is 12.4. The number of aryl methyl sites for hydroxylation is 2. The Morgan fingerprint density at radius 1 is 0.952 bits per heavy atom. The number of para-hydroxylation sites is 1. The molecule has 0 unspecified atom stereocenters. The first-order valence-electron chi connectivity index (χ1n) is 7.60. The fourth-order valence-corrected chi connectivity index (χ4v) is 2.52. The van der Waals surface area contributed by atoms with E-state index >= 15 is 0 Å². The summed E-state index contributed by atoms with van der Waals surface area (Å²) in [6.45, 7) is 2.16. The molecule has 2 aromatic rings. The van der Waals surface area contributed by atoms with Crippen molar-refractivity contribution in [2.45, 2.75) is 32.6 Å². The summed E-state index contributed by atoms with van der Waals surface area (Å²) in [6, 6.07) is 18.3. The highest BCUT2D eigenvalue weighted by Gasteiger charge is 2.13. The third-order valence-electron chi connectivity index (χ3n) is 3.72. The van der Waals surface area contributed by atoms with E-state index in [9.17, 15) is 4.79 Å². The zero-order valence-electron chi connectivity index (χ0n) is 12.9. The van der Waals surface area contributed by atoms with E-state index in [0.717, 1.165) is 24.9 Å². The van der Waals surface area contributed by atoms with Crippen molar-refractivity contribution in [1.29, 1.82) is 0 Å². The Labute approximate surface area is 127 Å². The molecule has 0 radical (unpaired) electrons. The normalized spacial score (nSPS) is 10.4. The molecule has 2 heteroatoms. The average molecular weight is 281 g/mol.